The van der Waals surface area contributed by atoms with E-state index in [1.54, 1.807) is 0 Å². The zero-order chi connectivity index (χ0) is 13.2. The van der Waals surface area contributed by atoms with Crippen molar-refractivity contribution in [1.29, 1.82) is 0 Å². The summed E-state index contributed by atoms with van der Waals surface area (Å²) in [5.41, 5.74) is 8.91. The number of hydrogen-bond donors (Lipinski definition) is 1. The first-order valence-corrected chi connectivity index (χ1v) is 8.24. The number of nitrogens with two attached hydrogens (primary N) is 1. The molecule has 2 aliphatic rings. The number of fused-ring (bicyclic) bond motifs is 1. The molecule has 104 valence electrons. The third-order valence-corrected chi connectivity index (χ3v) is 5.00. The molecule has 1 aromatic rings. The van der Waals surface area contributed by atoms with Crippen LogP contribution in [0, 0.1) is 5.92 Å². The Balaban J connectivity index is 1.70. The lowest BCUT2D eigenvalue weighted by Crippen LogP contribution is -2.13. The highest BCUT2D eigenvalue weighted by Crippen LogP contribution is 2.38. The maximum absolute atomic E-state index is 6.41. The fraction of sp³-hybridized carbons (Fsp3) is 0.625. The average Bonchev–Trinajstić information content (AvgIpc) is 3.05. The third-order valence-electron chi connectivity index (χ3n) is 4.54. The maximum Gasteiger partial charge on any atom is 0.127 e. The monoisotopic (exact) mass is 323 g/mol. The Morgan fingerprint density at radius 2 is 2.11 bits per heavy atom. The van der Waals surface area contributed by atoms with E-state index in [9.17, 15) is 0 Å². The van der Waals surface area contributed by atoms with E-state index >= 15 is 0 Å². The lowest BCUT2D eigenvalue weighted by Gasteiger charge is -2.18. The van der Waals surface area contributed by atoms with Gasteiger partial charge in [0.05, 0.1) is 6.61 Å². The van der Waals surface area contributed by atoms with Crippen LogP contribution in [0.5, 0.6) is 5.75 Å². The number of benzene rings is 1. The molecule has 1 aromatic carbocycles. The normalized spacial score (nSPS) is 20.3. The summed E-state index contributed by atoms with van der Waals surface area (Å²) < 4.78 is 6.90. The molecule has 2 N–H and O–H groups in total. The number of rotatable bonds is 4. The molecule has 3 heteroatoms. The van der Waals surface area contributed by atoms with Gasteiger partial charge in [0.25, 0.3) is 0 Å². The summed E-state index contributed by atoms with van der Waals surface area (Å²) in [4.78, 5) is 0. The summed E-state index contributed by atoms with van der Waals surface area (Å²) in [5, 5.41) is 0. The molecule has 1 unspecified atom stereocenters. The largest absolute Gasteiger partial charge is 0.493 e. The van der Waals surface area contributed by atoms with Crippen LogP contribution < -0.4 is 10.5 Å². The summed E-state index contributed by atoms with van der Waals surface area (Å²) in [6.45, 7) is 0.800. The zero-order valence-corrected chi connectivity index (χ0v) is 12.9. The second kappa shape index (κ2) is 5.84. The van der Waals surface area contributed by atoms with Gasteiger partial charge in [-0.05, 0) is 36.5 Å². The van der Waals surface area contributed by atoms with Gasteiger partial charge in [-0.3, -0.25) is 0 Å². The van der Waals surface area contributed by atoms with Crippen molar-refractivity contribution < 1.29 is 4.74 Å². The molecule has 1 aliphatic heterocycles. The van der Waals surface area contributed by atoms with Crippen molar-refractivity contribution in [3.8, 4) is 5.75 Å². The fourth-order valence-corrected chi connectivity index (χ4v) is 3.97. The fourth-order valence-electron chi connectivity index (χ4n) is 3.44. The van der Waals surface area contributed by atoms with Crippen LogP contribution in [0.4, 0.5) is 0 Å². The molecule has 1 fully saturated rings. The van der Waals surface area contributed by atoms with Gasteiger partial charge >= 0.3 is 0 Å². The Morgan fingerprint density at radius 1 is 1.32 bits per heavy atom. The first-order valence-electron chi connectivity index (χ1n) is 7.45. The van der Waals surface area contributed by atoms with Gasteiger partial charge < -0.3 is 10.5 Å². The average molecular weight is 324 g/mol. The summed E-state index contributed by atoms with van der Waals surface area (Å²) in [5.74, 6) is 1.97. The van der Waals surface area contributed by atoms with Gasteiger partial charge in [0.15, 0.2) is 0 Å². The Morgan fingerprint density at radius 3 is 2.89 bits per heavy atom. The van der Waals surface area contributed by atoms with Crippen molar-refractivity contribution in [1.82, 2.24) is 0 Å². The van der Waals surface area contributed by atoms with Gasteiger partial charge in [-0.25, -0.2) is 0 Å². The zero-order valence-electron chi connectivity index (χ0n) is 11.3. The van der Waals surface area contributed by atoms with Crippen LogP contribution in [0.2, 0.25) is 0 Å². The molecule has 0 radical (unpaired) electrons. The van der Waals surface area contributed by atoms with Crippen LogP contribution in [-0.2, 0) is 6.42 Å². The van der Waals surface area contributed by atoms with Gasteiger partial charge in [0, 0.05) is 22.5 Å². The minimum atomic E-state index is 0.116. The van der Waals surface area contributed by atoms with Crippen LogP contribution in [0.25, 0.3) is 0 Å². The Hall–Kier alpha value is -0.540. The number of halogens is 1. The van der Waals surface area contributed by atoms with Crippen LogP contribution in [0.3, 0.4) is 0 Å². The second-order valence-corrected chi connectivity index (χ2v) is 6.83. The molecular formula is C16H22BrNO. The Kier molecular flexibility index (Phi) is 4.13. The van der Waals surface area contributed by atoms with E-state index in [2.05, 4.69) is 28.1 Å². The maximum atomic E-state index is 6.41. The molecule has 1 atom stereocenters. The van der Waals surface area contributed by atoms with E-state index in [0.29, 0.717) is 0 Å². The van der Waals surface area contributed by atoms with Crippen molar-refractivity contribution in [2.45, 2.75) is 51.0 Å². The molecule has 0 bridgehead atoms. The molecule has 0 aromatic heterocycles. The Bertz CT molecular complexity index is 454. The molecule has 1 saturated carbocycles. The number of hydrogen-bond acceptors (Lipinski definition) is 2. The van der Waals surface area contributed by atoms with Gasteiger partial charge in [-0.2, -0.15) is 0 Å². The van der Waals surface area contributed by atoms with Crippen LogP contribution in [0.1, 0.15) is 55.7 Å². The summed E-state index contributed by atoms with van der Waals surface area (Å²) in [6.07, 6.45) is 8.99. The minimum Gasteiger partial charge on any atom is -0.493 e. The highest BCUT2D eigenvalue weighted by molar-refractivity contribution is 9.10. The quantitative estimate of drug-likeness (QED) is 0.893. The molecule has 2 nitrogen and oxygen atoms in total. The van der Waals surface area contributed by atoms with Crippen molar-refractivity contribution in [2.24, 2.45) is 11.7 Å². The SMILES string of the molecule is NC(CCC1CCCC1)c1cc(Br)cc2c1OCC2. The molecule has 1 heterocycles. The van der Waals surface area contributed by atoms with Crippen LogP contribution >= 0.6 is 15.9 Å². The van der Waals surface area contributed by atoms with E-state index in [0.717, 1.165) is 35.6 Å². The molecular weight excluding hydrogens is 302 g/mol. The summed E-state index contributed by atoms with van der Waals surface area (Å²) in [7, 11) is 0. The van der Waals surface area contributed by atoms with E-state index in [1.165, 1.54) is 43.2 Å². The lowest BCUT2D eigenvalue weighted by atomic mass is 9.94. The van der Waals surface area contributed by atoms with E-state index in [4.69, 9.17) is 10.5 Å². The van der Waals surface area contributed by atoms with Crippen LogP contribution in [0.15, 0.2) is 16.6 Å². The highest BCUT2D eigenvalue weighted by atomic mass is 79.9. The van der Waals surface area contributed by atoms with Crippen molar-refractivity contribution in [2.75, 3.05) is 6.61 Å². The molecule has 0 spiro atoms. The smallest absolute Gasteiger partial charge is 0.127 e. The predicted octanol–water partition coefficient (Wildman–Crippen LogP) is 4.35. The predicted molar refractivity (Wildman–Crippen MR) is 81.5 cm³/mol. The van der Waals surface area contributed by atoms with Gasteiger partial charge in [0.2, 0.25) is 0 Å². The summed E-state index contributed by atoms with van der Waals surface area (Å²) in [6, 6.07) is 4.42. The van der Waals surface area contributed by atoms with Gasteiger partial charge in [-0.15, -0.1) is 0 Å². The van der Waals surface area contributed by atoms with E-state index in [1.807, 2.05) is 0 Å². The van der Waals surface area contributed by atoms with Crippen molar-refractivity contribution >= 4 is 15.9 Å². The first kappa shape index (κ1) is 13.4. The minimum absolute atomic E-state index is 0.116. The highest BCUT2D eigenvalue weighted by Gasteiger charge is 2.22. The molecule has 3 rings (SSSR count). The number of ether oxygens (including phenoxy) is 1. The third kappa shape index (κ3) is 2.97. The van der Waals surface area contributed by atoms with E-state index < -0.39 is 0 Å². The Labute approximate surface area is 123 Å². The molecule has 0 saturated heterocycles. The second-order valence-electron chi connectivity index (χ2n) is 5.92. The molecule has 19 heavy (non-hydrogen) atoms. The topological polar surface area (TPSA) is 35.2 Å². The van der Waals surface area contributed by atoms with Gasteiger partial charge in [0.1, 0.15) is 5.75 Å². The summed E-state index contributed by atoms with van der Waals surface area (Å²) >= 11 is 3.59. The van der Waals surface area contributed by atoms with Crippen molar-refractivity contribution in [3.05, 3.63) is 27.7 Å². The van der Waals surface area contributed by atoms with E-state index in [-0.39, 0.29) is 6.04 Å². The van der Waals surface area contributed by atoms with Gasteiger partial charge in [-0.1, -0.05) is 41.6 Å². The standard InChI is InChI=1S/C16H22BrNO/c17-13-9-12-7-8-19-16(12)14(10-13)15(18)6-5-11-3-1-2-4-11/h9-11,15H,1-8,18H2. The van der Waals surface area contributed by atoms with Crippen LogP contribution in [-0.4, -0.2) is 6.61 Å². The molecule has 1 aliphatic carbocycles. The lowest BCUT2D eigenvalue weighted by molar-refractivity contribution is 0.348. The first-order chi connectivity index (χ1) is 9.24. The molecule has 0 amide bonds. The van der Waals surface area contributed by atoms with Crippen molar-refractivity contribution in [3.63, 3.8) is 0 Å².